The van der Waals surface area contributed by atoms with Crippen LogP contribution in [0.1, 0.15) is 45.1 Å². The molecule has 1 aliphatic heterocycles. The highest BCUT2D eigenvalue weighted by Gasteiger charge is 2.29. The van der Waals surface area contributed by atoms with E-state index < -0.39 is 6.72 Å². The van der Waals surface area contributed by atoms with E-state index in [4.69, 9.17) is 9.26 Å². The third kappa shape index (κ3) is 6.73. The predicted molar refractivity (Wildman–Crippen MR) is 101 cm³/mol. The molecule has 2 rings (SSSR count). The summed E-state index contributed by atoms with van der Waals surface area (Å²) in [5.74, 6) is 0. The van der Waals surface area contributed by atoms with Gasteiger partial charge in [-0.25, -0.2) is 5.09 Å². The Morgan fingerprint density at radius 3 is 2.79 bits per heavy atom. The smallest absolute Gasteiger partial charge is 0.333 e. The molecule has 2 unspecified atom stereocenters. The summed E-state index contributed by atoms with van der Waals surface area (Å²) < 4.78 is 24.3. The van der Waals surface area contributed by atoms with Crippen LogP contribution in [-0.4, -0.2) is 19.4 Å². The minimum atomic E-state index is -3.02. The molecule has 1 fully saturated rings. The lowest BCUT2D eigenvalue weighted by molar-refractivity contribution is 0.00744. The molecule has 0 aliphatic carbocycles. The van der Waals surface area contributed by atoms with Crippen molar-refractivity contribution in [3.8, 4) is 0 Å². The Morgan fingerprint density at radius 1 is 1.38 bits per heavy atom. The monoisotopic (exact) mass is 369 g/mol. The van der Waals surface area contributed by atoms with Crippen LogP contribution in [-0.2, 0) is 20.2 Å². The average Bonchev–Trinajstić information content (AvgIpc) is 2.57. The molecule has 1 aliphatic rings. The minimum Gasteiger partial charge on any atom is -0.363 e. The molecule has 0 radical (unpaired) electrons. The van der Waals surface area contributed by atoms with E-state index >= 15 is 0 Å². The maximum Gasteiger partial charge on any atom is 0.333 e. The Bertz CT molecular complexity index is 556. The maximum atomic E-state index is 13.1. The van der Waals surface area contributed by atoms with Gasteiger partial charge < -0.3 is 9.26 Å². The number of hydrogen-bond acceptors (Lipinski definition) is 4. The van der Waals surface area contributed by atoms with Gasteiger partial charge in [0.2, 0.25) is 0 Å². The molecule has 0 saturated carbocycles. The molecule has 1 aromatic carbocycles. The normalized spacial score (nSPS) is 21.0. The van der Waals surface area contributed by atoms with Gasteiger partial charge in [-0.1, -0.05) is 24.3 Å². The quantitative estimate of drug-likeness (QED) is 0.457. The van der Waals surface area contributed by atoms with Crippen LogP contribution in [0.4, 0.5) is 0 Å². The molecule has 0 amide bonds. The van der Waals surface area contributed by atoms with E-state index in [2.05, 4.69) is 29.4 Å². The first-order chi connectivity index (χ1) is 11.6. The lowest BCUT2D eigenvalue weighted by atomic mass is 10.1. The summed E-state index contributed by atoms with van der Waals surface area (Å²) in [6, 6.07) is 8.23. The third-order valence-corrected chi connectivity index (χ3v) is 7.68. The van der Waals surface area contributed by atoms with Gasteiger partial charge in [0.15, 0.2) is 0 Å². The molecule has 1 heterocycles. The fourth-order valence-electron chi connectivity index (χ4n) is 2.55. The summed E-state index contributed by atoms with van der Waals surface area (Å²) in [6.07, 6.45) is 9.16. The zero-order chi connectivity index (χ0) is 17.3. The van der Waals surface area contributed by atoms with Crippen molar-refractivity contribution in [3.63, 3.8) is 0 Å². The fraction of sp³-hybridized carbons (Fsp3) is 0.556. The van der Waals surface area contributed by atoms with Crippen molar-refractivity contribution in [1.29, 1.82) is 0 Å². The molecular formula is C18H28NO3PS. The number of ether oxygens (including phenoxy) is 1. The molecule has 1 aromatic rings. The molecular weight excluding hydrogens is 341 g/mol. The predicted octanol–water partition coefficient (Wildman–Crippen LogP) is 5.55. The molecule has 1 N–H and O–H groups in total. The molecule has 24 heavy (non-hydrogen) atoms. The van der Waals surface area contributed by atoms with Gasteiger partial charge in [-0.15, -0.1) is 0 Å². The standard InChI is InChI=1S/C18H28NO3PS/c1-3-5-6-9-16-11-13-17(14-12-16)24-23(20,22-4-2)19-18-10-7-8-15-21-18/h3,5,11-14,18H,4,6-10,15H2,1-2H3,(H,19,20). The Hall–Kier alpha value is -0.580. The first-order valence-electron chi connectivity index (χ1n) is 8.69. The zero-order valence-corrected chi connectivity index (χ0v) is 16.3. The van der Waals surface area contributed by atoms with Gasteiger partial charge >= 0.3 is 6.72 Å². The van der Waals surface area contributed by atoms with Crippen molar-refractivity contribution in [1.82, 2.24) is 5.09 Å². The van der Waals surface area contributed by atoms with E-state index in [0.29, 0.717) is 6.61 Å². The second-order valence-electron chi connectivity index (χ2n) is 5.74. The summed E-state index contributed by atoms with van der Waals surface area (Å²) in [7, 11) is 0. The SMILES string of the molecule is CC=CCCc1ccc(SP(=O)(NC2CCCCO2)OCC)cc1. The van der Waals surface area contributed by atoms with Gasteiger partial charge in [0, 0.05) is 11.5 Å². The van der Waals surface area contributed by atoms with Crippen molar-refractivity contribution in [2.24, 2.45) is 0 Å². The molecule has 0 spiro atoms. The summed E-state index contributed by atoms with van der Waals surface area (Å²) in [6.45, 7) is 2.00. The van der Waals surface area contributed by atoms with Crippen LogP contribution >= 0.6 is 18.1 Å². The van der Waals surface area contributed by atoms with E-state index in [-0.39, 0.29) is 6.23 Å². The average molecular weight is 369 g/mol. The summed E-state index contributed by atoms with van der Waals surface area (Å²) >= 11 is 1.27. The van der Waals surface area contributed by atoms with Crippen LogP contribution in [0.2, 0.25) is 0 Å². The fourth-order valence-corrected chi connectivity index (χ4v) is 6.35. The second-order valence-corrected chi connectivity index (χ2v) is 9.90. The van der Waals surface area contributed by atoms with Crippen LogP contribution in [0.3, 0.4) is 0 Å². The van der Waals surface area contributed by atoms with Crippen molar-refractivity contribution in [3.05, 3.63) is 42.0 Å². The van der Waals surface area contributed by atoms with Gasteiger partial charge in [0.05, 0.1) is 6.61 Å². The van der Waals surface area contributed by atoms with E-state index in [9.17, 15) is 4.57 Å². The summed E-state index contributed by atoms with van der Waals surface area (Å²) in [4.78, 5) is 0.949. The molecule has 6 heteroatoms. The van der Waals surface area contributed by atoms with Crippen LogP contribution < -0.4 is 5.09 Å². The highest BCUT2D eigenvalue weighted by molar-refractivity contribution is 8.56. The van der Waals surface area contributed by atoms with Crippen LogP contribution in [0, 0.1) is 0 Å². The van der Waals surface area contributed by atoms with Gasteiger partial charge in [-0.3, -0.25) is 4.57 Å². The third-order valence-electron chi connectivity index (χ3n) is 3.77. The number of rotatable bonds is 9. The Balaban J connectivity index is 1.96. The molecule has 4 nitrogen and oxygen atoms in total. The Kier molecular flexibility index (Phi) is 8.57. The zero-order valence-electron chi connectivity index (χ0n) is 14.6. The topological polar surface area (TPSA) is 47.6 Å². The molecule has 2 atom stereocenters. The molecule has 1 saturated heterocycles. The van der Waals surface area contributed by atoms with E-state index in [0.717, 1.165) is 43.6 Å². The Labute approximate surface area is 149 Å². The van der Waals surface area contributed by atoms with E-state index in [1.807, 2.05) is 26.0 Å². The van der Waals surface area contributed by atoms with Crippen molar-refractivity contribution >= 4 is 18.1 Å². The van der Waals surface area contributed by atoms with E-state index in [1.54, 1.807) is 0 Å². The van der Waals surface area contributed by atoms with Crippen molar-refractivity contribution < 1.29 is 13.8 Å². The van der Waals surface area contributed by atoms with Crippen LogP contribution in [0.25, 0.3) is 0 Å². The Morgan fingerprint density at radius 2 is 2.17 bits per heavy atom. The molecule has 134 valence electrons. The van der Waals surface area contributed by atoms with Gasteiger partial charge in [-0.2, -0.15) is 0 Å². The summed E-state index contributed by atoms with van der Waals surface area (Å²) in [5.41, 5.74) is 1.28. The minimum absolute atomic E-state index is 0.177. The molecule has 0 aromatic heterocycles. The van der Waals surface area contributed by atoms with Gasteiger partial charge in [0.1, 0.15) is 6.23 Å². The highest BCUT2D eigenvalue weighted by Crippen LogP contribution is 2.60. The second kappa shape index (κ2) is 10.4. The first kappa shape index (κ1) is 19.7. The lowest BCUT2D eigenvalue weighted by Gasteiger charge is -2.27. The number of allylic oxidation sites excluding steroid dienone is 2. The van der Waals surface area contributed by atoms with Crippen LogP contribution in [0.5, 0.6) is 0 Å². The molecule has 0 bridgehead atoms. The number of nitrogens with one attached hydrogen (secondary N) is 1. The van der Waals surface area contributed by atoms with E-state index in [1.165, 1.54) is 16.9 Å². The largest absolute Gasteiger partial charge is 0.363 e. The lowest BCUT2D eigenvalue weighted by Crippen LogP contribution is -2.32. The highest BCUT2D eigenvalue weighted by atomic mass is 32.7. The van der Waals surface area contributed by atoms with Crippen LogP contribution in [0.15, 0.2) is 41.3 Å². The van der Waals surface area contributed by atoms with Crippen molar-refractivity contribution in [2.75, 3.05) is 13.2 Å². The van der Waals surface area contributed by atoms with Crippen molar-refractivity contribution in [2.45, 2.75) is 57.1 Å². The van der Waals surface area contributed by atoms with Gasteiger partial charge in [0.25, 0.3) is 0 Å². The summed E-state index contributed by atoms with van der Waals surface area (Å²) in [5, 5.41) is 3.10. The van der Waals surface area contributed by atoms with Gasteiger partial charge in [-0.05, 0) is 75.0 Å². The number of benzene rings is 1. The maximum absolute atomic E-state index is 13.1. The number of hydrogen-bond donors (Lipinski definition) is 1. The first-order valence-corrected chi connectivity index (χ1v) is 11.7. The number of aryl methyl sites for hydroxylation is 1.